The monoisotopic (exact) mass is 457 g/mol. The summed E-state index contributed by atoms with van der Waals surface area (Å²) in [5, 5.41) is 3.03. The predicted octanol–water partition coefficient (Wildman–Crippen LogP) is 2.57. The smallest absolute Gasteiger partial charge is 0.256 e. The van der Waals surface area contributed by atoms with Crippen molar-refractivity contribution < 1.29 is 23.9 Å². The number of likely N-dealkylation sites (tertiary alicyclic amines) is 1. The highest BCUT2D eigenvalue weighted by Crippen LogP contribution is 2.39. The zero-order valence-corrected chi connectivity index (χ0v) is 20.1. The fourth-order valence-electron chi connectivity index (χ4n) is 4.64. The first-order chi connectivity index (χ1) is 15.6. The maximum atomic E-state index is 13.7. The van der Waals surface area contributed by atoms with Gasteiger partial charge in [-0.1, -0.05) is 20.8 Å². The Morgan fingerprint density at radius 1 is 1.12 bits per heavy atom. The van der Waals surface area contributed by atoms with E-state index < -0.39 is 11.8 Å². The third kappa shape index (κ3) is 5.16. The molecule has 0 bridgehead atoms. The highest BCUT2D eigenvalue weighted by atomic mass is 16.5. The quantitative estimate of drug-likeness (QED) is 0.734. The largest absolute Gasteiger partial charge is 0.497 e. The van der Waals surface area contributed by atoms with E-state index in [0.717, 1.165) is 12.8 Å². The van der Waals surface area contributed by atoms with E-state index in [1.807, 2.05) is 4.90 Å². The van der Waals surface area contributed by atoms with Crippen molar-refractivity contribution in [3.63, 3.8) is 0 Å². The topological polar surface area (TPSA) is 88.2 Å². The van der Waals surface area contributed by atoms with Gasteiger partial charge in [0.15, 0.2) is 0 Å². The van der Waals surface area contributed by atoms with E-state index in [1.165, 1.54) is 0 Å². The van der Waals surface area contributed by atoms with Crippen LogP contribution >= 0.6 is 0 Å². The average Bonchev–Trinajstić information content (AvgIpc) is 3.52. The maximum absolute atomic E-state index is 13.7. The zero-order chi connectivity index (χ0) is 23.8. The number of carbonyl (C=O) groups excluding carboxylic acids is 3. The van der Waals surface area contributed by atoms with Crippen LogP contribution in [0.1, 0.15) is 63.2 Å². The van der Waals surface area contributed by atoms with Crippen LogP contribution in [0.4, 0.5) is 0 Å². The van der Waals surface area contributed by atoms with Crippen molar-refractivity contribution in [3.05, 3.63) is 29.8 Å². The Morgan fingerprint density at radius 2 is 1.76 bits per heavy atom. The van der Waals surface area contributed by atoms with Gasteiger partial charge in [0.25, 0.3) is 5.91 Å². The first-order valence-electron chi connectivity index (χ1n) is 11.8. The summed E-state index contributed by atoms with van der Waals surface area (Å²) in [6.07, 6.45) is 3.39. The lowest BCUT2D eigenvalue weighted by Gasteiger charge is -2.44. The molecule has 2 saturated heterocycles. The van der Waals surface area contributed by atoms with Gasteiger partial charge in [0.1, 0.15) is 17.5 Å². The maximum Gasteiger partial charge on any atom is 0.256 e. The Bertz CT molecular complexity index is 896. The Hall–Kier alpha value is -2.61. The summed E-state index contributed by atoms with van der Waals surface area (Å²) in [4.78, 5) is 42.9. The molecular formula is C25H35N3O5. The van der Waals surface area contributed by atoms with Crippen molar-refractivity contribution in [1.29, 1.82) is 0 Å². The number of amides is 3. The predicted molar refractivity (Wildman–Crippen MR) is 123 cm³/mol. The molecule has 33 heavy (non-hydrogen) atoms. The van der Waals surface area contributed by atoms with Crippen LogP contribution in [-0.2, 0) is 14.3 Å². The van der Waals surface area contributed by atoms with E-state index in [2.05, 4.69) is 26.1 Å². The van der Waals surface area contributed by atoms with Crippen molar-refractivity contribution in [2.45, 2.75) is 70.7 Å². The molecule has 180 valence electrons. The molecule has 2 heterocycles. The van der Waals surface area contributed by atoms with Crippen LogP contribution in [0, 0.1) is 5.41 Å². The van der Waals surface area contributed by atoms with Gasteiger partial charge in [-0.25, -0.2) is 0 Å². The lowest BCUT2D eigenvalue weighted by Crippen LogP contribution is -2.60. The number of hydrogen-bond donors (Lipinski definition) is 1. The van der Waals surface area contributed by atoms with Crippen LogP contribution in [0.5, 0.6) is 5.75 Å². The number of methoxy groups -OCH3 is 1. The number of nitrogens with one attached hydrogen (secondary N) is 1. The van der Waals surface area contributed by atoms with Gasteiger partial charge in [-0.3, -0.25) is 19.3 Å². The van der Waals surface area contributed by atoms with Gasteiger partial charge in [-0.15, -0.1) is 0 Å². The van der Waals surface area contributed by atoms with Crippen LogP contribution in [0.3, 0.4) is 0 Å². The van der Waals surface area contributed by atoms with E-state index in [9.17, 15) is 14.4 Å². The Kier molecular flexibility index (Phi) is 6.40. The van der Waals surface area contributed by atoms with Gasteiger partial charge in [-0.2, -0.15) is 0 Å². The Balaban J connectivity index is 1.55. The van der Waals surface area contributed by atoms with Gasteiger partial charge >= 0.3 is 0 Å². The van der Waals surface area contributed by atoms with Gasteiger partial charge in [0, 0.05) is 44.0 Å². The summed E-state index contributed by atoms with van der Waals surface area (Å²) in [6, 6.07) is 6.42. The minimum absolute atomic E-state index is 0.0849. The SMILES string of the molecule is COc1ccc(C(=O)N2C(C(=O)NC3CC3)COC23CCN(C(=O)CC(C)(C)C)CC3)cc1. The minimum Gasteiger partial charge on any atom is -0.497 e. The second kappa shape index (κ2) is 8.97. The van der Waals surface area contributed by atoms with Crippen molar-refractivity contribution >= 4 is 17.7 Å². The normalized spacial score (nSPS) is 22.4. The van der Waals surface area contributed by atoms with Crippen molar-refractivity contribution in [3.8, 4) is 5.75 Å². The molecule has 8 nitrogen and oxygen atoms in total. The van der Waals surface area contributed by atoms with Gasteiger partial charge in [0.2, 0.25) is 11.8 Å². The second-order valence-corrected chi connectivity index (χ2v) is 10.6. The van der Waals surface area contributed by atoms with Crippen LogP contribution in [0.25, 0.3) is 0 Å². The number of benzene rings is 1. The molecule has 1 aromatic carbocycles. The number of hydrogen-bond acceptors (Lipinski definition) is 5. The number of carbonyl (C=O) groups is 3. The van der Waals surface area contributed by atoms with Crippen molar-refractivity contribution in [1.82, 2.24) is 15.1 Å². The number of ether oxygens (including phenoxy) is 2. The van der Waals surface area contributed by atoms with Crippen LogP contribution in [0.15, 0.2) is 24.3 Å². The van der Waals surface area contributed by atoms with E-state index in [4.69, 9.17) is 9.47 Å². The second-order valence-electron chi connectivity index (χ2n) is 10.6. The third-order valence-electron chi connectivity index (χ3n) is 6.62. The molecule has 1 atom stereocenters. The summed E-state index contributed by atoms with van der Waals surface area (Å²) >= 11 is 0. The van der Waals surface area contributed by atoms with Crippen LogP contribution < -0.4 is 10.1 Å². The molecule has 2 aliphatic heterocycles. The first-order valence-corrected chi connectivity index (χ1v) is 11.8. The van der Waals surface area contributed by atoms with Crippen molar-refractivity contribution in [2.24, 2.45) is 5.41 Å². The lowest BCUT2D eigenvalue weighted by molar-refractivity contribution is -0.145. The first kappa shape index (κ1) is 23.5. The third-order valence-corrected chi connectivity index (χ3v) is 6.62. The van der Waals surface area contributed by atoms with Gasteiger partial charge in [0.05, 0.1) is 13.7 Å². The summed E-state index contributed by atoms with van der Waals surface area (Å²) in [6.45, 7) is 7.31. The highest BCUT2D eigenvalue weighted by molar-refractivity contribution is 5.98. The average molecular weight is 458 g/mol. The Morgan fingerprint density at radius 3 is 2.30 bits per heavy atom. The van der Waals surface area contributed by atoms with Gasteiger partial charge in [-0.05, 0) is 42.5 Å². The molecule has 3 fully saturated rings. The summed E-state index contributed by atoms with van der Waals surface area (Å²) in [5.41, 5.74) is -0.490. The fourth-order valence-corrected chi connectivity index (χ4v) is 4.64. The molecule has 4 rings (SSSR count). The molecule has 0 radical (unpaired) electrons. The molecule has 1 saturated carbocycles. The number of piperidine rings is 1. The molecule has 8 heteroatoms. The zero-order valence-electron chi connectivity index (χ0n) is 20.1. The molecule has 1 aromatic rings. The molecule has 1 spiro atoms. The fraction of sp³-hybridized carbons (Fsp3) is 0.640. The summed E-state index contributed by atoms with van der Waals surface area (Å²) < 4.78 is 11.4. The highest BCUT2D eigenvalue weighted by Gasteiger charge is 2.54. The number of nitrogens with zero attached hydrogens (tertiary/aromatic N) is 2. The van der Waals surface area contributed by atoms with Gasteiger partial charge < -0.3 is 19.7 Å². The Labute approximate surface area is 195 Å². The summed E-state index contributed by atoms with van der Waals surface area (Å²) in [5.74, 6) is 0.377. The number of rotatable bonds is 5. The summed E-state index contributed by atoms with van der Waals surface area (Å²) in [7, 11) is 1.58. The lowest BCUT2D eigenvalue weighted by atomic mass is 9.90. The molecule has 1 N–H and O–H groups in total. The van der Waals surface area contributed by atoms with E-state index in [-0.39, 0.29) is 35.8 Å². The van der Waals surface area contributed by atoms with E-state index in [1.54, 1.807) is 36.3 Å². The van der Waals surface area contributed by atoms with Crippen LogP contribution in [-0.4, -0.2) is 72.1 Å². The molecule has 3 amide bonds. The molecule has 1 unspecified atom stereocenters. The van der Waals surface area contributed by atoms with E-state index in [0.29, 0.717) is 43.7 Å². The molecular weight excluding hydrogens is 422 g/mol. The van der Waals surface area contributed by atoms with Crippen LogP contribution in [0.2, 0.25) is 0 Å². The molecule has 3 aliphatic rings. The minimum atomic E-state index is -0.888. The van der Waals surface area contributed by atoms with E-state index >= 15 is 0 Å². The van der Waals surface area contributed by atoms with Crippen molar-refractivity contribution in [2.75, 3.05) is 26.8 Å². The molecule has 0 aromatic heterocycles. The standard InChI is InChI=1S/C25H35N3O5/c1-24(2,3)15-21(29)27-13-11-25(12-14-27)28(20(16-33-25)22(30)26-18-7-8-18)23(31)17-5-9-19(32-4)10-6-17/h5-6,9-10,18,20H,7-8,11-16H2,1-4H3,(H,26,30). The molecule has 1 aliphatic carbocycles.